The van der Waals surface area contributed by atoms with Gasteiger partial charge in [0.15, 0.2) is 4.77 Å². The van der Waals surface area contributed by atoms with Crippen molar-refractivity contribution in [3.8, 4) is 0 Å². The summed E-state index contributed by atoms with van der Waals surface area (Å²) in [7, 11) is 1.17. The predicted octanol–water partition coefficient (Wildman–Crippen LogP) is 1.62. The number of halogens is 2. The van der Waals surface area contributed by atoms with E-state index in [1.165, 1.54) is 14.0 Å². The molecule has 0 unspecified atom stereocenters. The van der Waals surface area contributed by atoms with E-state index in [1.54, 1.807) is 0 Å². The molecule has 90 valence electrons. The second-order valence-electron chi connectivity index (χ2n) is 3.07. The SMILES string of the molecule is CCC(F)(F)c1n[nH]c(=S)n1CC(=O)OC. The van der Waals surface area contributed by atoms with E-state index >= 15 is 0 Å². The Balaban J connectivity index is 3.13. The Hall–Kier alpha value is -1.31. The van der Waals surface area contributed by atoms with Gasteiger partial charge in [-0.25, -0.2) is 0 Å². The highest BCUT2D eigenvalue weighted by atomic mass is 32.1. The minimum absolute atomic E-state index is 0.0338. The summed E-state index contributed by atoms with van der Waals surface area (Å²) in [4.78, 5) is 11.0. The minimum atomic E-state index is -3.12. The molecular formula is C8H11F2N3O2S. The number of nitrogens with zero attached hydrogens (tertiary/aromatic N) is 2. The van der Waals surface area contributed by atoms with E-state index in [1.807, 2.05) is 0 Å². The van der Waals surface area contributed by atoms with Gasteiger partial charge in [-0.05, 0) is 12.2 Å². The standard InChI is InChI=1S/C8H11F2N3O2S/c1-3-8(9,10)6-11-12-7(16)13(6)4-5(14)15-2/h3-4H2,1-2H3,(H,12,16). The molecule has 0 aromatic carbocycles. The van der Waals surface area contributed by atoms with Crippen LogP contribution >= 0.6 is 12.2 Å². The monoisotopic (exact) mass is 251 g/mol. The summed E-state index contributed by atoms with van der Waals surface area (Å²) < 4.78 is 32.1. The van der Waals surface area contributed by atoms with Crippen LogP contribution in [0.2, 0.25) is 0 Å². The molecule has 0 atom stereocenters. The van der Waals surface area contributed by atoms with Crippen LogP contribution in [0.25, 0.3) is 0 Å². The first-order valence-corrected chi connectivity index (χ1v) is 4.93. The molecule has 1 aromatic heterocycles. The first-order chi connectivity index (χ1) is 7.42. The summed E-state index contributed by atoms with van der Waals surface area (Å²) in [5, 5.41) is 5.67. The quantitative estimate of drug-likeness (QED) is 0.652. The maximum Gasteiger partial charge on any atom is 0.325 e. The van der Waals surface area contributed by atoms with Gasteiger partial charge in [-0.1, -0.05) is 6.92 Å². The summed E-state index contributed by atoms with van der Waals surface area (Å²) in [5.41, 5.74) is 0. The number of carbonyl (C=O) groups is 1. The van der Waals surface area contributed by atoms with Crippen molar-refractivity contribution in [2.75, 3.05) is 7.11 Å². The largest absolute Gasteiger partial charge is 0.468 e. The van der Waals surface area contributed by atoms with E-state index in [2.05, 4.69) is 14.9 Å². The zero-order valence-corrected chi connectivity index (χ0v) is 9.61. The summed E-state index contributed by atoms with van der Waals surface area (Å²) >= 11 is 4.76. The topological polar surface area (TPSA) is 59.9 Å². The smallest absolute Gasteiger partial charge is 0.325 e. The number of aromatic nitrogens is 3. The van der Waals surface area contributed by atoms with E-state index in [0.717, 1.165) is 4.57 Å². The van der Waals surface area contributed by atoms with Crippen molar-refractivity contribution in [1.29, 1.82) is 0 Å². The van der Waals surface area contributed by atoms with E-state index in [0.29, 0.717) is 0 Å². The van der Waals surface area contributed by atoms with Crippen LogP contribution in [0.4, 0.5) is 8.78 Å². The Labute approximate surface area is 95.4 Å². The van der Waals surface area contributed by atoms with Gasteiger partial charge in [0.05, 0.1) is 7.11 Å². The van der Waals surface area contributed by atoms with Crippen LogP contribution in [-0.2, 0) is 22.0 Å². The van der Waals surface area contributed by atoms with Crippen molar-refractivity contribution in [2.45, 2.75) is 25.8 Å². The zero-order chi connectivity index (χ0) is 12.3. The average Bonchev–Trinajstić information content (AvgIpc) is 2.61. The number of aromatic amines is 1. The highest BCUT2D eigenvalue weighted by Crippen LogP contribution is 2.29. The van der Waals surface area contributed by atoms with Crippen molar-refractivity contribution in [3.63, 3.8) is 0 Å². The molecule has 16 heavy (non-hydrogen) atoms. The average molecular weight is 251 g/mol. The number of nitrogens with one attached hydrogen (secondary N) is 1. The third kappa shape index (κ3) is 2.43. The highest BCUT2D eigenvalue weighted by molar-refractivity contribution is 7.71. The molecule has 0 saturated carbocycles. The Morgan fingerprint density at radius 3 is 2.81 bits per heavy atom. The van der Waals surface area contributed by atoms with Gasteiger partial charge in [0, 0.05) is 6.42 Å². The number of alkyl halides is 2. The van der Waals surface area contributed by atoms with Crippen LogP contribution in [0.15, 0.2) is 0 Å². The van der Waals surface area contributed by atoms with Crippen molar-refractivity contribution < 1.29 is 18.3 Å². The van der Waals surface area contributed by atoms with Crippen LogP contribution in [0, 0.1) is 4.77 Å². The van der Waals surface area contributed by atoms with Crippen molar-refractivity contribution in [3.05, 3.63) is 10.6 Å². The minimum Gasteiger partial charge on any atom is -0.468 e. The normalized spacial score (nSPS) is 11.5. The van der Waals surface area contributed by atoms with Gasteiger partial charge in [-0.2, -0.15) is 13.9 Å². The fraction of sp³-hybridized carbons (Fsp3) is 0.625. The van der Waals surface area contributed by atoms with Crippen LogP contribution in [-0.4, -0.2) is 27.8 Å². The molecule has 0 amide bonds. The first-order valence-electron chi connectivity index (χ1n) is 4.52. The van der Waals surface area contributed by atoms with Gasteiger partial charge in [0.1, 0.15) is 6.54 Å². The Morgan fingerprint density at radius 1 is 1.69 bits per heavy atom. The first kappa shape index (κ1) is 12.8. The molecule has 5 nitrogen and oxygen atoms in total. The second kappa shape index (κ2) is 4.69. The number of esters is 1. The number of rotatable bonds is 4. The molecule has 0 bridgehead atoms. The van der Waals surface area contributed by atoms with Crippen LogP contribution < -0.4 is 0 Å². The maximum absolute atomic E-state index is 13.4. The fourth-order valence-corrected chi connectivity index (χ4v) is 1.29. The summed E-state index contributed by atoms with van der Waals surface area (Å²) in [6.45, 7) is 0.941. The third-order valence-electron chi connectivity index (χ3n) is 2.04. The molecule has 1 N–H and O–H groups in total. The van der Waals surface area contributed by atoms with E-state index in [4.69, 9.17) is 12.2 Å². The summed E-state index contributed by atoms with van der Waals surface area (Å²) in [5.74, 6) is -4.34. The Morgan fingerprint density at radius 2 is 2.31 bits per heavy atom. The third-order valence-corrected chi connectivity index (χ3v) is 2.36. The van der Waals surface area contributed by atoms with E-state index in [9.17, 15) is 13.6 Å². The van der Waals surface area contributed by atoms with E-state index < -0.39 is 24.1 Å². The van der Waals surface area contributed by atoms with Gasteiger partial charge in [-0.3, -0.25) is 14.5 Å². The molecule has 1 heterocycles. The van der Waals surface area contributed by atoms with Crippen molar-refractivity contribution in [2.24, 2.45) is 0 Å². The molecule has 1 rings (SSSR count). The fourth-order valence-electron chi connectivity index (χ4n) is 1.10. The lowest BCUT2D eigenvalue weighted by Crippen LogP contribution is -2.22. The number of hydrogen-bond acceptors (Lipinski definition) is 4. The van der Waals surface area contributed by atoms with Crippen molar-refractivity contribution >= 4 is 18.2 Å². The van der Waals surface area contributed by atoms with E-state index in [-0.39, 0.29) is 11.3 Å². The number of H-pyrrole nitrogens is 1. The summed E-state index contributed by atoms with van der Waals surface area (Å²) in [6.07, 6.45) is -0.423. The van der Waals surface area contributed by atoms with Crippen LogP contribution in [0.5, 0.6) is 0 Å². The lowest BCUT2D eigenvalue weighted by molar-refractivity contribution is -0.141. The molecule has 0 aliphatic carbocycles. The molecule has 0 radical (unpaired) electrons. The molecule has 0 fully saturated rings. The molecule has 0 saturated heterocycles. The number of ether oxygens (including phenoxy) is 1. The Kier molecular flexibility index (Phi) is 3.74. The van der Waals surface area contributed by atoms with Gasteiger partial charge in [0.2, 0.25) is 5.82 Å². The number of hydrogen-bond donors (Lipinski definition) is 1. The molecule has 0 spiro atoms. The molecule has 8 heteroatoms. The van der Waals surface area contributed by atoms with Crippen LogP contribution in [0.3, 0.4) is 0 Å². The number of methoxy groups -OCH3 is 1. The van der Waals surface area contributed by atoms with Gasteiger partial charge >= 0.3 is 11.9 Å². The van der Waals surface area contributed by atoms with Gasteiger partial charge in [0.25, 0.3) is 0 Å². The molecular weight excluding hydrogens is 240 g/mol. The zero-order valence-electron chi connectivity index (χ0n) is 8.79. The molecule has 0 aliphatic rings. The van der Waals surface area contributed by atoms with Gasteiger partial charge in [-0.15, -0.1) is 0 Å². The lowest BCUT2D eigenvalue weighted by Gasteiger charge is -2.13. The molecule has 0 aliphatic heterocycles. The van der Waals surface area contributed by atoms with Crippen LogP contribution in [0.1, 0.15) is 19.2 Å². The maximum atomic E-state index is 13.4. The predicted molar refractivity (Wildman–Crippen MR) is 53.6 cm³/mol. The number of carbonyl (C=O) groups excluding carboxylic acids is 1. The summed E-state index contributed by atoms with van der Waals surface area (Å²) in [6, 6.07) is 0. The molecule has 1 aromatic rings. The highest BCUT2D eigenvalue weighted by Gasteiger charge is 2.35. The second-order valence-corrected chi connectivity index (χ2v) is 3.46. The van der Waals surface area contributed by atoms with Crippen molar-refractivity contribution in [1.82, 2.24) is 14.8 Å². The Bertz CT molecular complexity index is 441. The van der Waals surface area contributed by atoms with Gasteiger partial charge < -0.3 is 4.74 Å². The lowest BCUT2D eigenvalue weighted by atomic mass is 10.2.